The molecule has 1 fully saturated rings. The van der Waals surface area contributed by atoms with Gasteiger partial charge in [0.05, 0.1) is 29.4 Å². The second-order valence-corrected chi connectivity index (χ2v) is 5.59. The molecular weight excluding hydrogens is 258 g/mol. The number of carboxylic acids is 1. The number of nitrogens with one attached hydrogen (secondary N) is 1. The molecule has 1 amide bonds. The van der Waals surface area contributed by atoms with E-state index in [2.05, 4.69) is 10.4 Å². The number of aromatic nitrogens is 2. The van der Waals surface area contributed by atoms with Gasteiger partial charge in [0.15, 0.2) is 0 Å². The van der Waals surface area contributed by atoms with Crippen LogP contribution in [0.5, 0.6) is 0 Å². The maximum atomic E-state index is 12.4. The van der Waals surface area contributed by atoms with Crippen LogP contribution in [-0.4, -0.2) is 26.8 Å². The molecule has 106 valence electrons. The molecule has 0 aliphatic heterocycles. The molecule has 3 rings (SSSR count). The number of allylic oxidation sites excluding steroid dienone is 2. The number of rotatable bonds is 3. The van der Waals surface area contributed by atoms with E-state index >= 15 is 0 Å². The average molecular weight is 275 g/mol. The first-order valence-electron chi connectivity index (χ1n) is 6.69. The first kappa shape index (κ1) is 12.9. The number of hydrogen-bond acceptors (Lipinski definition) is 3. The fraction of sp³-hybridized carbons (Fsp3) is 0.500. The number of aryl methyl sites for hydroxylation is 1. The van der Waals surface area contributed by atoms with Crippen molar-refractivity contribution >= 4 is 17.6 Å². The lowest BCUT2D eigenvalue weighted by molar-refractivity contribution is -0.146. The summed E-state index contributed by atoms with van der Waals surface area (Å²) in [5.41, 5.74) is 1.50. The quantitative estimate of drug-likeness (QED) is 0.812. The molecule has 1 saturated carbocycles. The zero-order valence-electron chi connectivity index (χ0n) is 11.4. The van der Waals surface area contributed by atoms with Crippen LogP contribution in [-0.2, 0) is 16.6 Å². The second-order valence-electron chi connectivity index (χ2n) is 5.59. The minimum atomic E-state index is -0.884. The SMILES string of the molecule is Cc1c(NC(=O)[C@@H]2[C@@H](C(=O)O)[C@H]3C=C[C@H]2C3)cnn1C. The smallest absolute Gasteiger partial charge is 0.307 e. The van der Waals surface area contributed by atoms with Crippen LogP contribution < -0.4 is 5.32 Å². The molecule has 1 heterocycles. The van der Waals surface area contributed by atoms with E-state index in [1.807, 2.05) is 19.1 Å². The largest absolute Gasteiger partial charge is 0.481 e. The van der Waals surface area contributed by atoms with Crippen LogP contribution in [0, 0.1) is 30.6 Å². The van der Waals surface area contributed by atoms with Crippen LogP contribution in [0.2, 0.25) is 0 Å². The van der Waals surface area contributed by atoms with Gasteiger partial charge >= 0.3 is 5.97 Å². The van der Waals surface area contributed by atoms with Crippen molar-refractivity contribution in [3.05, 3.63) is 24.0 Å². The van der Waals surface area contributed by atoms with Crippen LogP contribution >= 0.6 is 0 Å². The first-order valence-corrected chi connectivity index (χ1v) is 6.69. The van der Waals surface area contributed by atoms with Gasteiger partial charge in [0, 0.05) is 7.05 Å². The maximum absolute atomic E-state index is 12.4. The van der Waals surface area contributed by atoms with Gasteiger partial charge in [-0.3, -0.25) is 14.3 Å². The molecule has 2 bridgehead atoms. The minimum Gasteiger partial charge on any atom is -0.481 e. The maximum Gasteiger partial charge on any atom is 0.307 e. The van der Waals surface area contributed by atoms with E-state index in [4.69, 9.17) is 0 Å². The summed E-state index contributed by atoms with van der Waals surface area (Å²) in [5.74, 6) is -2.17. The van der Waals surface area contributed by atoms with E-state index in [1.165, 1.54) is 0 Å². The van der Waals surface area contributed by atoms with Gasteiger partial charge in [0.1, 0.15) is 0 Å². The van der Waals surface area contributed by atoms with Crippen molar-refractivity contribution in [2.45, 2.75) is 13.3 Å². The molecule has 0 aromatic carbocycles. The number of carbonyl (C=O) groups excluding carboxylic acids is 1. The summed E-state index contributed by atoms with van der Waals surface area (Å²) >= 11 is 0. The highest BCUT2D eigenvalue weighted by molar-refractivity contribution is 5.96. The van der Waals surface area contributed by atoms with Crippen LogP contribution in [0.4, 0.5) is 5.69 Å². The summed E-state index contributed by atoms with van der Waals surface area (Å²) in [6.45, 7) is 1.86. The van der Waals surface area contributed by atoms with E-state index in [1.54, 1.807) is 17.9 Å². The number of anilines is 1. The Kier molecular flexibility index (Phi) is 2.88. The molecule has 20 heavy (non-hydrogen) atoms. The standard InChI is InChI=1S/C14H17N3O3/c1-7-10(6-15-17(7)2)16-13(18)11-8-3-4-9(5-8)12(11)14(19)20/h3-4,6,8-9,11-12H,5H2,1-2H3,(H,16,18)(H,19,20)/t8-,9-,11-,12-/m0/s1. The topological polar surface area (TPSA) is 84.2 Å². The molecule has 4 atom stereocenters. The predicted molar refractivity (Wildman–Crippen MR) is 71.9 cm³/mol. The number of hydrogen-bond donors (Lipinski definition) is 2. The number of carbonyl (C=O) groups is 2. The Labute approximate surface area is 116 Å². The lowest BCUT2D eigenvalue weighted by atomic mass is 9.82. The number of nitrogens with zero attached hydrogens (tertiary/aromatic N) is 2. The molecular formula is C14H17N3O3. The Balaban J connectivity index is 1.82. The molecule has 0 spiro atoms. The van der Waals surface area contributed by atoms with E-state index in [0.29, 0.717) is 5.69 Å². The van der Waals surface area contributed by atoms with Gasteiger partial charge in [-0.25, -0.2) is 0 Å². The fourth-order valence-corrected chi connectivity index (χ4v) is 3.35. The molecule has 2 aliphatic rings. The summed E-state index contributed by atoms with van der Waals surface area (Å²) in [7, 11) is 1.80. The number of fused-ring (bicyclic) bond motifs is 2. The number of aliphatic carboxylic acids is 1. The van der Waals surface area contributed by atoms with Gasteiger partial charge in [0.2, 0.25) is 5.91 Å². The molecule has 6 nitrogen and oxygen atoms in total. The van der Waals surface area contributed by atoms with E-state index in [-0.39, 0.29) is 17.7 Å². The molecule has 6 heteroatoms. The fourth-order valence-electron chi connectivity index (χ4n) is 3.35. The molecule has 2 N–H and O–H groups in total. The van der Waals surface area contributed by atoms with Gasteiger partial charge in [-0.05, 0) is 25.2 Å². The van der Waals surface area contributed by atoms with Crippen LogP contribution in [0.3, 0.4) is 0 Å². The van der Waals surface area contributed by atoms with Crippen molar-refractivity contribution in [2.24, 2.45) is 30.7 Å². The zero-order chi connectivity index (χ0) is 14.4. The Hall–Kier alpha value is -2.11. The van der Waals surface area contributed by atoms with Crippen molar-refractivity contribution < 1.29 is 14.7 Å². The normalized spacial score (nSPS) is 30.7. The molecule has 2 aliphatic carbocycles. The van der Waals surface area contributed by atoms with E-state index < -0.39 is 17.8 Å². The monoisotopic (exact) mass is 275 g/mol. The van der Waals surface area contributed by atoms with Crippen molar-refractivity contribution in [1.82, 2.24) is 9.78 Å². The summed E-state index contributed by atoms with van der Waals surface area (Å²) in [6.07, 6.45) is 6.26. The third-order valence-electron chi connectivity index (χ3n) is 4.54. The Morgan fingerprint density at radius 1 is 1.35 bits per heavy atom. The Morgan fingerprint density at radius 2 is 2.00 bits per heavy atom. The molecule has 1 aromatic heterocycles. The Morgan fingerprint density at radius 3 is 2.55 bits per heavy atom. The Bertz CT molecular complexity index is 605. The van der Waals surface area contributed by atoms with Crippen LogP contribution in [0.1, 0.15) is 12.1 Å². The third kappa shape index (κ3) is 1.83. The van der Waals surface area contributed by atoms with Crippen LogP contribution in [0.25, 0.3) is 0 Å². The van der Waals surface area contributed by atoms with Gasteiger partial charge in [-0.15, -0.1) is 0 Å². The molecule has 1 aromatic rings. The molecule has 0 saturated heterocycles. The van der Waals surface area contributed by atoms with Crippen molar-refractivity contribution in [3.8, 4) is 0 Å². The zero-order valence-corrected chi connectivity index (χ0v) is 11.4. The van der Waals surface area contributed by atoms with Gasteiger partial charge in [0.25, 0.3) is 0 Å². The van der Waals surface area contributed by atoms with Crippen molar-refractivity contribution in [1.29, 1.82) is 0 Å². The summed E-state index contributed by atoms with van der Waals surface area (Å²) in [5, 5.41) is 16.2. The summed E-state index contributed by atoms with van der Waals surface area (Å²) in [6, 6.07) is 0. The van der Waals surface area contributed by atoms with E-state index in [9.17, 15) is 14.7 Å². The lowest BCUT2D eigenvalue weighted by Crippen LogP contribution is -2.36. The molecule has 0 unspecified atom stereocenters. The number of amides is 1. The predicted octanol–water partition coefficient (Wildman–Crippen LogP) is 1.19. The number of carboxylic acid groups (broad SMARTS) is 1. The highest BCUT2D eigenvalue weighted by Crippen LogP contribution is 2.48. The van der Waals surface area contributed by atoms with Crippen LogP contribution in [0.15, 0.2) is 18.3 Å². The average Bonchev–Trinajstić information content (AvgIpc) is 3.08. The lowest BCUT2D eigenvalue weighted by Gasteiger charge is -2.23. The first-order chi connectivity index (χ1) is 9.49. The highest BCUT2D eigenvalue weighted by atomic mass is 16.4. The highest BCUT2D eigenvalue weighted by Gasteiger charge is 2.51. The van der Waals surface area contributed by atoms with E-state index in [0.717, 1.165) is 12.1 Å². The van der Waals surface area contributed by atoms with Gasteiger partial charge in [-0.1, -0.05) is 12.2 Å². The van der Waals surface area contributed by atoms with Crippen molar-refractivity contribution in [3.63, 3.8) is 0 Å². The molecule has 0 radical (unpaired) electrons. The van der Waals surface area contributed by atoms with Crippen molar-refractivity contribution in [2.75, 3.05) is 5.32 Å². The summed E-state index contributed by atoms with van der Waals surface area (Å²) < 4.78 is 1.67. The van der Waals surface area contributed by atoms with Gasteiger partial charge < -0.3 is 10.4 Å². The minimum absolute atomic E-state index is 0.0109. The third-order valence-corrected chi connectivity index (χ3v) is 4.54. The second kappa shape index (κ2) is 4.47. The summed E-state index contributed by atoms with van der Waals surface area (Å²) in [4.78, 5) is 23.8. The van der Waals surface area contributed by atoms with Gasteiger partial charge in [-0.2, -0.15) is 5.10 Å².